The van der Waals surface area contributed by atoms with Gasteiger partial charge in [-0.3, -0.25) is 9.59 Å². The maximum atomic E-state index is 11.5. The van der Waals surface area contributed by atoms with Crippen molar-refractivity contribution in [3.05, 3.63) is 0 Å². The number of aliphatic carboxylic acids is 1. The van der Waals surface area contributed by atoms with Crippen LogP contribution >= 0.6 is 0 Å². The lowest BCUT2D eigenvalue weighted by atomic mass is 9.98. The normalized spacial score (nSPS) is 23.1. The molecule has 1 heterocycles. The lowest BCUT2D eigenvalue weighted by Crippen LogP contribution is -2.45. The highest BCUT2D eigenvalue weighted by Gasteiger charge is 2.20. The highest BCUT2D eigenvalue weighted by atomic mass is 16.4. The SMILES string of the molecule is CN1CCCC(CNC(=O)C(N)CC(=O)O)C1. The fourth-order valence-electron chi connectivity index (χ4n) is 2.10. The van der Waals surface area contributed by atoms with Crippen molar-refractivity contribution in [2.24, 2.45) is 11.7 Å². The monoisotopic (exact) mass is 243 g/mol. The number of rotatable bonds is 5. The Morgan fingerprint density at radius 1 is 1.59 bits per heavy atom. The molecule has 17 heavy (non-hydrogen) atoms. The molecule has 6 nitrogen and oxygen atoms in total. The Hall–Kier alpha value is -1.14. The van der Waals surface area contributed by atoms with Gasteiger partial charge in [0.1, 0.15) is 0 Å². The number of carbonyl (C=O) groups is 2. The molecular weight excluding hydrogens is 222 g/mol. The quantitative estimate of drug-likeness (QED) is 0.590. The van der Waals surface area contributed by atoms with E-state index in [9.17, 15) is 9.59 Å². The molecule has 0 radical (unpaired) electrons. The standard InChI is InChI=1S/C11H21N3O3/c1-14-4-2-3-8(7-14)6-13-11(17)9(12)5-10(15)16/h8-9H,2-7,12H2,1H3,(H,13,17)(H,15,16). The lowest BCUT2D eigenvalue weighted by Gasteiger charge is -2.29. The van der Waals surface area contributed by atoms with Gasteiger partial charge in [-0.25, -0.2) is 0 Å². The van der Waals surface area contributed by atoms with Crippen LogP contribution in [0.2, 0.25) is 0 Å². The van der Waals surface area contributed by atoms with Gasteiger partial charge in [-0.05, 0) is 32.4 Å². The van der Waals surface area contributed by atoms with Crippen LogP contribution in [-0.4, -0.2) is 54.6 Å². The van der Waals surface area contributed by atoms with Gasteiger partial charge < -0.3 is 21.1 Å². The fourth-order valence-corrected chi connectivity index (χ4v) is 2.10. The second-order valence-electron chi connectivity index (χ2n) is 4.72. The third-order valence-corrected chi connectivity index (χ3v) is 3.02. The van der Waals surface area contributed by atoms with Crippen molar-refractivity contribution in [3.63, 3.8) is 0 Å². The molecule has 1 aliphatic heterocycles. The number of nitrogens with one attached hydrogen (secondary N) is 1. The van der Waals surface area contributed by atoms with Gasteiger partial charge >= 0.3 is 5.97 Å². The molecule has 98 valence electrons. The Morgan fingerprint density at radius 3 is 2.88 bits per heavy atom. The number of amides is 1. The minimum absolute atomic E-state index is 0.323. The molecule has 4 N–H and O–H groups in total. The number of carboxylic acids is 1. The molecule has 0 bridgehead atoms. The van der Waals surface area contributed by atoms with Gasteiger partial charge in [0.25, 0.3) is 0 Å². The van der Waals surface area contributed by atoms with Crippen molar-refractivity contribution < 1.29 is 14.7 Å². The molecule has 6 heteroatoms. The predicted molar refractivity (Wildman–Crippen MR) is 63.5 cm³/mol. The minimum Gasteiger partial charge on any atom is -0.481 e. The first kappa shape index (κ1) is 13.9. The van der Waals surface area contributed by atoms with Crippen molar-refractivity contribution >= 4 is 11.9 Å². The molecule has 2 atom stereocenters. The molecule has 1 aliphatic rings. The summed E-state index contributed by atoms with van der Waals surface area (Å²) in [4.78, 5) is 24.1. The van der Waals surface area contributed by atoms with E-state index in [0.29, 0.717) is 12.5 Å². The van der Waals surface area contributed by atoms with E-state index in [4.69, 9.17) is 10.8 Å². The molecule has 0 aliphatic carbocycles. The van der Waals surface area contributed by atoms with E-state index in [1.165, 1.54) is 0 Å². The summed E-state index contributed by atoms with van der Waals surface area (Å²) in [5, 5.41) is 11.2. The van der Waals surface area contributed by atoms with Crippen LogP contribution in [0.5, 0.6) is 0 Å². The van der Waals surface area contributed by atoms with Gasteiger partial charge in [0, 0.05) is 13.1 Å². The van der Waals surface area contributed by atoms with E-state index in [0.717, 1.165) is 25.9 Å². The number of hydrogen-bond donors (Lipinski definition) is 3. The van der Waals surface area contributed by atoms with Gasteiger partial charge in [0.05, 0.1) is 12.5 Å². The Morgan fingerprint density at radius 2 is 2.29 bits per heavy atom. The van der Waals surface area contributed by atoms with Crippen molar-refractivity contribution in [2.75, 3.05) is 26.7 Å². The number of piperidine rings is 1. The predicted octanol–water partition coefficient (Wildman–Crippen LogP) is -0.754. The second-order valence-corrected chi connectivity index (χ2v) is 4.72. The first-order valence-corrected chi connectivity index (χ1v) is 5.92. The lowest BCUT2D eigenvalue weighted by molar-refractivity contribution is -0.139. The van der Waals surface area contributed by atoms with E-state index >= 15 is 0 Å². The maximum Gasteiger partial charge on any atom is 0.305 e. The molecule has 1 rings (SSSR count). The summed E-state index contributed by atoms with van der Waals surface area (Å²) in [6, 6.07) is -0.950. The molecule has 0 spiro atoms. The van der Waals surface area contributed by atoms with Crippen molar-refractivity contribution in [1.29, 1.82) is 0 Å². The molecule has 2 unspecified atom stereocenters. The van der Waals surface area contributed by atoms with Crippen LogP contribution in [0.3, 0.4) is 0 Å². The molecular formula is C11H21N3O3. The Kier molecular flexibility index (Phi) is 5.37. The molecule has 0 aromatic rings. The van der Waals surface area contributed by atoms with Crippen LogP contribution in [0.4, 0.5) is 0 Å². The van der Waals surface area contributed by atoms with Crippen LogP contribution in [0.15, 0.2) is 0 Å². The Labute approximate surface area is 101 Å². The van der Waals surface area contributed by atoms with Crippen molar-refractivity contribution in [1.82, 2.24) is 10.2 Å². The fraction of sp³-hybridized carbons (Fsp3) is 0.818. The smallest absolute Gasteiger partial charge is 0.305 e. The van der Waals surface area contributed by atoms with Crippen molar-refractivity contribution in [2.45, 2.75) is 25.3 Å². The average molecular weight is 243 g/mol. The van der Waals surface area contributed by atoms with Crippen molar-refractivity contribution in [3.8, 4) is 0 Å². The highest BCUT2D eigenvalue weighted by Crippen LogP contribution is 2.13. The van der Waals surface area contributed by atoms with Gasteiger partial charge in [-0.1, -0.05) is 0 Å². The molecule has 1 fully saturated rings. The Bertz CT molecular complexity index is 283. The summed E-state index contributed by atoms with van der Waals surface area (Å²) < 4.78 is 0. The van der Waals surface area contributed by atoms with Crippen LogP contribution in [0, 0.1) is 5.92 Å². The summed E-state index contributed by atoms with van der Waals surface area (Å²) in [5.41, 5.74) is 5.46. The van der Waals surface area contributed by atoms with E-state index in [1.54, 1.807) is 0 Å². The van der Waals surface area contributed by atoms with Crippen LogP contribution in [0.1, 0.15) is 19.3 Å². The summed E-state index contributed by atoms with van der Waals surface area (Å²) in [6.45, 7) is 2.65. The zero-order chi connectivity index (χ0) is 12.8. The first-order chi connectivity index (χ1) is 7.99. The zero-order valence-corrected chi connectivity index (χ0v) is 10.2. The molecule has 1 amide bonds. The van der Waals surface area contributed by atoms with Crippen LogP contribution in [0.25, 0.3) is 0 Å². The summed E-state index contributed by atoms with van der Waals surface area (Å²) >= 11 is 0. The molecule has 0 aromatic heterocycles. The number of hydrogen-bond acceptors (Lipinski definition) is 4. The minimum atomic E-state index is -1.05. The number of nitrogens with zero attached hydrogens (tertiary/aromatic N) is 1. The summed E-state index contributed by atoms with van der Waals surface area (Å²) in [5.74, 6) is -0.986. The highest BCUT2D eigenvalue weighted by molar-refractivity contribution is 5.85. The Balaban J connectivity index is 2.25. The van der Waals surface area contributed by atoms with Gasteiger partial charge in [-0.15, -0.1) is 0 Å². The molecule has 1 saturated heterocycles. The summed E-state index contributed by atoms with van der Waals surface area (Å²) in [7, 11) is 2.06. The number of likely N-dealkylation sites (tertiary alicyclic amines) is 1. The van der Waals surface area contributed by atoms with E-state index in [2.05, 4.69) is 17.3 Å². The third kappa shape index (κ3) is 5.14. The molecule has 0 aromatic carbocycles. The number of nitrogens with two attached hydrogens (primary N) is 1. The number of carboxylic acid groups (broad SMARTS) is 1. The third-order valence-electron chi connectivity index (χ3n) is 3.02. The van der Waals surface area contributed by atoms with E-state index in [-0.39, 0.29) is 12.3 Å². The van der Waals surface area contributed by atoms with Gasteiger partial charge in [0.2, 0.25) is 5.91 Å². The molecule has 0 saturated carbocycles. The van der Waals surface area contributed by atoms with E-state index in [1.807, 2.05) is 0 Å². The van der Waals surface area contributed by atoms with Crippen LogP contribution < -0.4 is 11.1 Å². The first-order valence-electron chi connectivity index (χ1n) is 5.92. The summed E-state index contributed by atoms with van der Waals surface area (Å²) in [6.07, 6.45) is 1.91. The van der Waals surface area contributed by atoms with Crippen LogP contribution in [-0.2, 0) is 9.59 Å². The average Bonchev–Trinajstić information content (AvgIpc) is 2.25. The zero-order valence-electron chi connectivity index (χ0n) is 10.2. The van der Waals surface area contributed by atoms with E-state index < -0.39 is 12.0 Å². The number of carbonyl (C=O) groups excluding carboxylic acids is 1. The van der Waals surface area contributed by atoms with Gasteiger partial charge in [-0.2, -0.15) is 0 Å². The topological polar surface area (TPSA) is 95.7 Å². The van der Waals surface area contributed by atoms with Gasteiger partial charge in [0.15, 0.2) is 0 Å². The second kappa shape index (κ2) is 6.56. The maximum absolute atomic E-state index is 11.5. The largest absolute Gasteiger partial charge is 0.481 e.